The van der Waals surface area contributed by atoms with Gasteiger partial charge < -0.3 is 0 Å². The van der Waals surface area contributed by atoms with Gasteiger partial charge in [0.1, 0.15) is 0 Å². The van der Waals surface area contributed by atoms with Gasteiger partial charge in [-0.1, -0.05) is 60.7 Å². The first-order valence-corrected chi connectivity index (χ1v) is 12.5. The van der Waals surface area contributed by atoms with E-state index in [0.717, 1.165) is 55.2 Å². The van der Waals surface area contributed by atoms with Gasteiger partial charge >= 0.3 is 0 Å². The summed E-state index contributed by atoms with van der Waals surface area (Å²) in [7, 11) is 0. The zero-order valence-electron chi connectivity index (χ0n) is 20.5. The topological polar surface area (TPSA) is 51.6 Å². The van der Waals surface area contributed by atoms with Gasteiger partial charge in [-0.15, -0.1) is 0 Å². The minimum atomic E-state index is 0.911. The van der Waals surface area contributed by atoms with Crippen molar-refractivity contribution in [1.29, 1.82) is 0 Å². The van der Waals surface area contributed by atoms with Crippen molar-refractivity contribution >= 4 is 21.8 Å². The first-order valence-electron chi connectivity index (χ1n) is 12.5. The molecular weight excluding hydrogens is 464 g/mol. The van der Waals surface area contributed by atoms with E-state index in [1.807, 2.05) is 61.4 Å². The maximum atomic E-state index is 4.77. The van der Waals surface area contributed by atoms with Gasteiger partial charge in [0.15, 0.2) is 0 Å². The third kappa shape index (κ3) is 3.89. The average molecular weight is 487 g/mol. The summed E-state index contributed by atoms with van der Waals surface area (Å²) >= 11 is 0. The van der Waals surface area contributed by atoms with Gasteiger partial charge in [-0.05, 0) is 80.9 Å². The van der Waals surface area contributed by atoms with Gasteiger partial charge in [-0.2, -0.15) is 0 Å². The highest BCUT2D eigenvalue weighted by molar-refractivity contribution is 6.11. The number of benzene rings is 3. The summed E-state index contributed by atoms with van der Waals surface area (Å²) in [5.74, 6) is 0. The van der Waals surface area contributed by atoms with Crippen LogP contribution in [0.2, 0.25) is 0 Å². The van der Waals surface area contributed by atoms with Crippen molar-refractivity contribution in [3.63, 3.8) is 0 Å². The molecule has 0 spiro atoms. The molecule has 178 valence electrons. The fourth-order valence-corrected chi connectivity index (χ4v) is 5.10. The summed E-state index contributed by atoms with van der Waals surface area (Å²) in [5, 5.41) is 2.18. The van der Waals surface area contributed by atoms with E-state index >= 15 is 0 Å². The molecule has 0 N–H and O–H groups in total. The van der Waals surface area contributed by atoms with Crippen molar-refractivity contribution in [2.45, 2.75) is 0 Å². The largest absolute Gasteiger partial charge is 0.265 e. The first kappa shape index (κ1) is 22.0. The van der Waals surface area contributed by atoms with E-state index in [2.05, 4.69) is 82.8 Å². The number of pyridine rings is 4. The monoisotopic (exact) mass is 486 g/mol. The molecule has 7 rings (SSSR count). The molecule has 0 aliphatic heterocycles. The Kier molecular flexibility index (Phi) is 5.41. The van der Waals surface area contributed by atoms with Gasteiger partial charge in [0.2, 0.25) is 0 Å². The maximum absolute atomic E-state index is 4.77. The van der Waals surface area contributed by atoms with Crippen molar-refractivity contribution in [2.24, 2.45) is 0 Å². The summed E-state index contributed by atoms with van der Waals surface area (Å²) in [4.78, 5) is 17.8. The predicted octanol–water partition coefficient (Wildman–Crippen LogP) is 8.24. The number of aromatic nitrogens is 4. The van der Waals surface area contributed by atoms with E-state index in [4.69, 9.17) is 9.97 Å². The normalized spacial score (nSPS) is 11.2. The van der Waals surface area contributed by atoms with Gasteiger partial charge in [-0.3, -0.25) is 19.9 Å². The van der Waals surface area contributed by atoms with Crippen molar-refractivity contribution in [3.05, 3.63) is 134 Å². The van der Waals surface area contributed by atoms with Crippen LogP contribution in [0.4, 0.5) is 0 Å². The maximum Gasteiger partial charge on any atom is 0.0970 e. The molecule has 0 bridgehead atoms. The van der Waals surface area contributed by atoms with Crippen LogP contribution in [0.5, 0.6) is 0 Å². The third-order valence-corrected chi connectivity index (χ3v) is 7.04. The first-order chi connectivity index (χ1) is 18.8. The van der Waals surface area contributed by atoms with Crippen LogP contribution in [-0.2, 0) is 0 Å². The second-order valence-electron chi connectivity index (χ2n) is 9.20. The number of nitrogens with zero attached hydrogens (tertiary/aromatic N) is 4. The molecule has 4 aromatic heterocycles. The van der Waals surface area contributed by atoms with Crippen LogP contribution in [0.1, 0.15) is 0 Å². The fraction of sp³-hybridized carbons (Fsp3) is 0. The van der Waals surface area contributed by atoms with Gasteiger partial charge in [-0.25, -0.2) is 0 Å². The van der Waals surface area contributed by atoms with Crippen molar-refractivity contribution in [1.82, 2.24) is 19.9 Å². The lowest BCUT2D eigenvalue weighted by molar-refractivity contribution is 1.33. The molecule has 3 aromatic carbocycles. The van der Waals surface area contributed by atoms with E-state index in [-0.39, 0.29) is 0 Å². The molecule has 0 amide bonds. The van der Waals surface area contributed by atoms with E-state index in [1.54, 1.807) is 0 Å². The van der Waals surface area contributed by atoms with E-state index in [9.17, 15) is 0 Å². The molecule has 0 saturated heterocycles. The smallest absolute Gasteiger partial charge is 0.0970 e. The number of fused-ring (bicyclic) bond motifs is 3. The lowest BCUT2D eigenvalue weighted by atomic mass is 9.95. The quantitative estimate of drug-likeness (QED) is 0.235. The Morgan fingerprint density at radius 1 is 0.289 bits per heavy atom. The highest BCUT2D eigenvalue weighted by Crippen LogP contribution is 2.36. The van der Waals surface area contributed by atoms with E-state index in [1.165, 1.54) is 11.1 Å². The zero-order chi connectivity index (χ0) is 25.3. The van der Waals surface area contributed by atoms with Crippen molar-refractivity contribution < 1.29 is 0 Å². The molecule has 0 unspecified atom stereocenters. The molecule has 4 heterocycles. The molecule has 0 atom stereocenters. The standard InChI is InChI=1S/C34H22N4/c1-5-27(6-2-23(1)25-11-17-35-18-12-25)29-15-21-37-33-31(29)9-10-32-30(16-22-38-34(32)33)28-7-3-24(4-8-28)26-13-19-36-20-14-26/h1-22H. The summed E-state index contributed by atoms with van der Waals surface area (Å²) in [6.45, 7) is 0. The summed E-state index contributed by atoms with van der Waals surface area (Å²) in [5.41, 5.74) is 11.1. The van der Waals surface area contributed by atoms with Crippen LogP contribution in [0.3, 0.4) is 0 Å². The lowest BCUT2D eigenvalue weighted by Gasteiger charge is -2.12. The molecule has 4 heteroatoms. The summed E-state index contributed by atoms with van der Waals surface area (Å²) in [6, 6.07) is 33.9. The molecule has 0 saturated carbocycles. The van der Waals surface area contributed by atoms with E-state index in [0.29, 0.717) is 0 Å². The third-order valence-electron chi connectivity index (χ3n) is 7.04. The molecule has 0 radical (unpaired) electrons. The minimum absolute atomic E-state index is 0.911. The van der Waals surface area contributed by atoms with Crippen molar-refractivity contribution in [2.75, 3.05) is 0 Å². The zero-order valence-corrected chi connectivity index (χ0v) is 20.5. The highest BCUT2D eigenvalue weighted by Gasteiger charge is 2.12. The second-order valence-corrected chi connectivity index (χ2v) is 9.20. The number of rotatable bonds is 4. The van der Waals surface area contributed by atoms with Crippen LogP contribution >= 0.6 is 0 Å². The number of hydrogen-bond acceptors (Lipinski definition) is 4. The Labute approximate surface area is 220 Å². The average Bonchev–Trinajstić information content (AvgIpc) is 3.01. The molecule has 0 fully saturated rings. The van der Waals surface area contributed by atoms with Crippen LogP contribution in [-0.4, -0.2) is 19.9 Å². The van der Waals surface area contributed by atoms with Crippen LogP contribution in [0.25, 0.3) is 66.3 Å². The second kappa shape index (κ2) is 9.34. The van der Waals surface area contributed by atoms with Crippen LogP contribution in [0.15, 0.2) is 134 Å². The van der Waals surface area contributed by atoms with E-state index < -0.39 is 0 Å². The Morgan fingerprint density at radius 3 is 1.03 bits per heavy atom. The van der Waals surface area contributed by atoms with Gasteiger partial charge in [0, 0.05) is 48.0 Å². The predicted molar refractivity (Wildman–Crippen MR) is 154 cm³/mol. The van der Waals surface area contributed by atoms with Crippen molar-refractivity contribution in [3.8, 4) is 44.5 Å². The summed E-state index contributed by atoms with van der Waals surface area (Å²) < 4.78 is 0. The van der Waals surface area contributed by atoms with Gasteiger partial charge in [0.05, 0.1) is 11.0 Å². The van der Waals surface area contributed by atoms with Gasteiger partial charge in [0.25, 0.3) is 0 Å². The SMILES string of the molecule is c1cc(-c2ccc(-c3ccnc4c3ccc3c(-c5ccc(-c6ccncc6)cc5)ccnc34)cc2)ccn1. The molecule has 4 nitrogen and oxygen atoms in total. The molecule has 0 aliphatic carbocycles. The fourth-order valence-electron chi connectivity index (χ4n) is 5.10. The molecule has 0 aliphatic rings. The minimum Gasteiger partial charge on any atom is -0.265 e. The highest BCUT2D eigenvalue weighted by atomic mass is 14.7. The Hall–Kier alpha value is -5.22. The number of hydrogen-bond donors (Lipinski definition) is 0. The van der Waals surface area contributed by atoms with Crippen LogP contribution in [0, 0.1) is 0 Å². The Bertz CT molecular complexity index is 1740. The molecular formula is C34H22N4. The Balaban J connectivity index is 1.30. The Morgan fingerprint density at radius 2 is 0.632 bits per heavy atom. The lowest BCUT2D eigenvalue weighted by Crippen LogP contribution is -1.90. The molecule has 38 heavy (non-hydrogen) atoms. The van der Waals surface area contributed by atoms with Crippen LogP contribution < -0.4 is 0 Å². The molecule has 7 aromatic rings. The summed E-state index contributed by atoms with van der Waals surface area (Å²) in [6.07, 6.45) is 11.0.